The van der Waals surface area contributed by atoms with Crippen LogP contribution in [0.25, 0.3) is 0 Å². The van der Waals surface area contributed by atoms with Crippen LogP contribution in [-0.2, 0) is 0 Å². The van der Waals surface area contributed by atoms with Crippen molar-refractivity contribution in [1.82, 2.24) is 9.97 Å². The fourth-order valence-corrected chi connectivity index (χ4v) is 1.25. The number of hydrogen-bond donors (Lipinski definition) is 1. The minimum atomic E-state index is 0.198. The van der Waals surface area contributed by atoms with E-state index in [1.54, 1.807) is 30.2 Å². The van der Waals surface area contributed by atoms with Crippen LogP contribution in [0, 0.1) is 0 Å². The van der Waals surface area contributed by atoms with Crippen LogP contribution in [0.4, 0.5) is 0 Å². The Morgan fingerprint density at radius 1 is 1.55 bits per heavy atom. The van der Waals surface area contributed by atoms with Gasteiger partial charge < -0.3 is 5.73 Å². The number of aromatic nitrogens is 2. The highest BCUT2D eigenvalue weighted by atomic mass is 32.2. The Balaban J connectivity index is 2.39. The van der Waals surface area contributed by atoms with Crippen molar-refractivity contribution in [1.29, 1.82) is 0 Å². The standard InChI is InChI=1S/C7H11N3S/c1-6(8)5-11-7-9-3-2-4-10-7/h2-4,6H,5,8H2,1H3/t6-/m0/s1. The highest BCUT2D eigenvalue weighted by Gasteiger charge is 1.97. The molecule has 0 spiro atoms. The normalized spacial score (nSPS) is 12.9. The molecule has 4 heteroatoms. The van der Waals surface area contributed by atoms with Gasteiger partial charge in [0.2, 0.25) is 0 Å². The topological polar surface area (TPSA) is 51.8 Å². The van der Waals surface area contributed by atoms with Crippen LogP contribution in [0.2, 0.25) is 0 Å². The van der Waals surface area contributed by atoms with E-state index in [1.165, 1.54) is 0 Å². The molecule has 60 valence electrons. The van der Waals surface area contributed by atoms with E-state index in [-0.39, 0.29) is 6.04 Å². The molecule has 1 rings (SSSR count). The number of nitrogens with two attached hydrogens (primary N) is 1. The van der Waals surface area contributed by atoms with E-state index in [0.717, 1.165) is 10.9 Å². The Hall–Kier alpha value is -0.610. The lowest BCUT2D eigenvalue weighted by Crippen LogP contribution is -2.17. The van der Waals surface area contributed by atoms with Gasteiger partial charge >= 0.3 is 0 Å². The first-order chi connectivity index (χ1) is 5.29. The lowest BCUT2D eigenvalue weighted by Gasteiger charge is -2.01. The molecule has 1 atom stereocenters. The van der Waals surface area contributed by atoms with E-state index >= 15 is 0 Å². The zero-order valence-electron chi connectivity index (χ0n) is 6.40. The van der Waals surface area contributed by atoms with Crippen molar-refractivity contribution in [2.75, 3.05) is 5.75 Å². The molecule has 11 heavy (non-hydrogen) atoms. The van der Waals surface area contributed by atoms with Crippen LogP contribution >= 0.6 is 11.8 Å². The first kappa shape index (κ1) is 8.49. The van der Waals surface area contributed by atoms with E-state index in [9.17, 15) is 0 Å². The number of nitrogens with zero attached hydrogens (tertiary/aromatic N) is 2. The summed E-state index contributed by atoms with van der Waals surface area (Å²) >= 11 is 1.58. The van der Waals surface area contributed by atoms with E-state index in [0.29, 0.717) is 0 Å². The first-order valence-corrected chi connectivity index (χ1v) is 4.43. The number of rotatable bonds is 3. The molecule has 0 aliphatic heterocycles. The van der Waals surface area contributed by atoms with Crippen LogP contribution < -0.4 is 5.73 Å². The SMILES string of the molecule is C[C@H](N)CSc1ncccn1. The van der Waals surface area contributed by atoms with Crippen LogP contribution in [-0.4, -0.2) is 21.8 Å². The van der Waals surface area contributed by atoms with Gasteiger partial charge in [0.05, 0.1) is 0 Å². The molecule has 0 saturated heterocycles. The highest BCUT2D eigenvalue weighted by Crippen LogP contribution is 2.10. The molecule has 0 radical (unpaired) electrons. The van der Waals surface area contributed by atoms with Gasteiger partial charge in [0.15, 0.2) is 5.16 Å². The lowest BCUT2D eigenvalue weighted by atomic mass is 10.4. The maximum absolute atomic E-state index is 5.56. The van der Waals surface area contributed by atoms with Crippen LogP contribution in [0.1, 0.15) is 6.92 Å². The van der Waals surface area contributed by atoms with Crippen molar-refractivity contribution in [2.24, 2.45) is 5.73 Å². The Morgan fingerprint density at radius 3 is 2.73 bits per heavy atom. The minimum absolute atomic E-state index is 0.198. The molecule has 0 aromatic carbocycles. The third-order valence-corrected chi connectivity index (χ3v) is 2.18. The van der Waals surface area contributed by atoms with Gasteiger partial charge in [-0.05, 0) is 13.0 Å². The first-order valence-electron chi connectivity index (χ1n) is 3.44. The van der Waals surface area contributed by atoms with Crippen LogP contribution in [0.5, 0.6) is 0 Å². The average Bonchev–Trinajstić information content (AvgIpc) is 2.03. The van der Waals surface area contributed by atoms with Gasteiger partial charge in [0, 0.05) is 24.2 Å². The van der Waals surface area contributed by atoms with Gasteiger partial charge in [-0.25, -0.2) is 9.97 Å². The quantitative estimate of drug-likeness (QED) is 0.540. The summed E-state index contributed by atoms with van der Waals surface area (Å²) in [6, 6.07) is 2.00. The van der Waals surface area contributed by atoms with Gasteiger partial charge in [-0.15, -0.1) is 0 Å². The summed E-state index contributed by atoms with van der Waals surface area (Å²) in [5.74, 6) is 0.865. The predicted molar refractivity (Wildman–Crippen MR) is 46.4 cm³/mol. The highest BCUT2D eigenvalue weighted by molar-refractivity contribution is 7.99. The van der Waals surface area contributed by atoms with Crippen molar-refractivity contribution >= 4 is 11.8 Å². The third kappa shape index (κ3) is 3.34. The van der Waals surface area contributed by atoms with Crippen molar-refractivity contribution in [3.63, 3.8) is 0 Å². The Kier molecular flexibility index (Phi) is 3.32. The second-order valence-electron chi connectivity index (χ2n) is 2.32. The van der Waals surface area contributed by atoms with Crippen molar-refractivity contribution < 1.29 is 0 Å². The Bertz CT molecular complexity index is 200. The predicted octanol–water partition coefficient (Wildman–Crippen LogP) is 0.916. The molecule has 0 amide bonds. The summed E-state index contributed by atoms with van der Waals surface area (Å²) in [6.07, 6.45) is 3.47. The summed E-state index contributed by atoms with van der Waals surface area (Å²) in [5, 5.41) is 0.796. The van der Waals surface area contributed by atoms with Gasteiger partial charge in [0.1, 0.15) is 0 Å². The zero-order valence-corrected chi connectivity index (χ0v) is 7.21. The molecule has 1 heterocycles. The van der Waals surface area contributed by atoms with Gasteiger partial charge in [0.25, 0.3) is 0 Å². The molecular weight excluding hydrogens is 158 g/mol. The molecule has 2 N–H and O–H groups in total. The molecule has 3 nitrogen and oxygen atoms in total. The second kappa shape index (κ2) is 4.31. The molecule has 1 aromatic rings. The van der Waals surface area contributed by atoms with Crippen molar-refractivity contribution in [3.8, 4) is 0 Å². The zero-order chi connectivity index (χ0) is 8.10. The molecule has 0 fully saturated rings. The summed E-state index contributed by atoms with van der Waals surface area (Å²) in [7, 11) is 0. The fraction of sp³-hybridized carbons (Fsp3) is 0.429. The van der Waals surface area contributed by atoms with Gasteiger partial charge in [-0.1, -0.05) is 11.8 Å². The van der Waals surface area contributed by atoms with Gasteiger partial charge in [-0.3, -0.25) is 0 Å². The molecule has 0 bridgehead atoms. The fourth-order valence-electron chi connectivity index (χ4n) is 0.566. The molecule has 0 aliphatic carbocycles. The Morgan fingerprint density at radius 2 is 2.18 bits per heavy atom. The molecular formula is C7H11N3S. The van der Waals surface area contributed by atoms with E-state index in [1.807, 2.05) is 6.92 Å². The molecule has 0 aliphatic rings. The Labute approximate surface area is 70.4 Å². The molecule has 1 aromatic heterocycles. The maximum Gasteiger partial charge on any atom is 0.187 e. The van der Waals surface area contributed by atoms with Crippen LogP contribution in [0.15, 0.2) is 23.6 Å². The smallest absolute Gasteiger partial charge is 0.187 e. The number of hydrogen-bond acceptors (Lipinski definition) is 4. The average molecular weight is 169 g/mol. The van der Waals surface area contributed by atoms with E-state index in [2.05, 4.69) is 9.97 Å². The summed E-state index contributed by atoms with van der Waals surface area (Å²) < 4.78 is 0. The van der Waals surface area contributed by atoms with Crippen LogP contribution in [0.3, 0.4) is 0 Å². The van der Waals surface area contributed by atoms with Gasteiger partial charge in [-0.2, -0.15) is 0 Å². The molecule has 0 saturated carbocycles. The largest absolute Gasteiger partial charge is 0.327 e. The van der Waals surface area contributed by atoms with E-state index in [4.69, 9.17) is 5.73 Å². The van der Waals surface area contributed by atoms with Crippen molar-refractivity contribution in [3.05, 3.63) is 18.5 Å². The van der Waals surface area contributed by atoms with Crippen molar-refractivity contribution in [2.45, 2.75) is 18.1 Å². The maximum atomic E-state index is 5.56. The number of thioether (sulfide) groups is 1. The summed E-state index contributed by atoms with van der Waals surface area (Å²) in [4.78, 5) is 8.09. The lowest BCUT2D eigenvalue weighted by molar-refractivity contribution is 0.841. The molecule has 0 unspecified atom stereocenters. The summed E-state index contributed by atoms with van der Waals surface area (Å²) in [6.45, 7) is 1.97. The monoisotopic (exact) mass is 169 g/mol. The second-order valence-corrected chi connectivity index (χ2v) is 3.31. The third-order valence-electron chi connectivity index (χ3n) is 1.02. The minimum Gasteiger partial charge on any atom is -0.327 e. The van der Waals surface area contributed by atoms with E-state index < -0.39 is 0 Å². The summed E-state index contributed by atoms with van der Waals surface area (Å²) in [5.41, 5.74) is 5.56.